The lowest BCUT2D eigenvalue weighted by Crippen LogP contribution is -2.15. The lowest BCUT2D eigenvalue weighted by atomic mass is 10.0. The number of nitrogens with one attached hydrogen (secondary N) is 1. The van der Waals surface area contributed by atoms with Crippen molar-refractivity contribution in [2.24, 2.45) is 0 Å². The molecule has 0 saturated heterocycles. The molecule has 8 heterocycles. The molecule has 1 amide bonds. The van der Waals surface area contributed by atoms with E-state index in [0.29, 0.717) is 69.1 Å². The summed E-state index contributed by atoms with van der Waals surface area (Å²) in [5.41, 5.74) is 9.63. The largest absolute Gasteiger partial charge is 0.478 e. The molecule has 0 radical (unpaired) electrons. The summed E-state index contributed by atoms with van der Waals surface area (Å²) in [7, 11) is 0. The van der Waals surface area contributed by atoms with Crippen molar-refractivity contribution >= 4 is 181 Å². The number of ketones is 3. The van der Waals surface area contributed by atoms with E-state index in [1.807, 2.05) is 110 Å². The van der Waals surface area contributed by atoms with E-state index in [2.05, 4.69) is 51.2 Å². The van der Waals surface area contributed by atoms with Gasteiger partial charge in [-0.05, 0) is 153 Å². The van der Waals surface area contributed by atoms with Crippen LogP contribution in [0.3, 0.4) is 0 Å². The molecule has 115 heavy (non-hydrogen) atoms. The van der Waals surface area contributed by atoms with Gasteiger partial charge in [0.05, 0.1) is 77.6 Å². The number of anilines is 1. The highest BCUT2D eigenvalue weighted by Crippen LogP contribution is 2.41. The van der Waals surface area contributed by atoms with Gasteiger partial charge in [0.25, 0.3) is 5.91 Å². The first-order chi connectivity index (χ1) is 55.3. The lowest BCUT2D eigenvalue weighted by Gasteiger charge is -2.07. The van der Waals surface area contributed by atoms with Gasteiger partial charge in [0.1, 0.15) is 28.3 Å². The summed E-state index contributed by atoms with van der Waals surface area (Å²) in [6.07, 6.45) is 2.46. The number of thiophene rings is 4. The minimum Gasteiger partial charge on any atom is -0.478 e. The van der Waals surface area contributed by atoms with Crippen LogP contribution in [0.2, 0.25) is 10.0 Å². The van der Waals surface area contributed by atoms with Gasteiger partial charge in [0.2, 0.25) is 0 Å². The van der Waals surface area contributed by atoms with Gasteiger partial charge < -0.3 is 25.7 Å². The van der Waals surface area contributed by atoms with Crippen molar-refractivity contribution < 1.29 is 67.6 Å². The summed E-state index contributed by atoms with van der Waals surface area (Å²) in [6, 6.07) is 58.7. The number of pyridine rings is 2. The molecule has 16 aromatic rings. The second kappa shape index (κ2) is 35.6. The number of Topliss-reactive ketones (excluding diaryl/α,β-unsaturated/α-hetero) is 3. The maximum absolute atomic E-state index is 14.4. The summed E-state index contributed by atoms with van der Waals surface area (Å²) in [5.74, 6) is -8.04. The van der Waals surface area contributed by atoms with Gasteiger partial charge in [-0.1, -0.05) is 160 Å². The molecule has 0 unspecified atom stereocenters. The van der Waals surface area contributed by atoms with Crippen molar-refractivity contribution in [1.82, 2.24) is 29.9 Å². The number of rotatable bonds is 19. The normalized spacial score (nSPS) is 10.9. The summed E-state index contributed by atoms with van der Waals surface area (Å²) >= 11 is 20.0. The zero-order valence-electron chi connectivity index (χ0n) is 59.9. The van der Waals surface area contributed by atoms with E-state index in [-0.39, 0.29) is 97.4 Å². The predicted molar refractivity (Wildman–Crippen MR) is 449 cm³/mol. The highest BCUT2D eigenvalue weighted by atomic mass is 79.9. The third-order valence-corrected chi connectivity index (χ3v) is 23.2. The maximum atomic E-state index is 14.4. The first-order valence-electron chi connectivity index (χ1n) is 34.5. The highest BCUT2D eigenvalue weighted by Gasteiger charge is 2.29. The van der Waals surface area contributed by atoms with Crippen LogP contribution in [0, 0.1) is 25.5 Å². The van der Waals surface area contributed by atoms with Crippen molar-refractivity contribution in [3.63, 3.8) is 0 Å². The molecular formula is C87H56BrCl2F2N7O12S4. The van der Waals surface area contributed by atoms with Crippen LogP contribution < -0.4 is 5.32 Å². The van der Waals surface area contributed by atoms with Crippen LogP contribution in [-0.2, 0) is 19.3 Å². The van der Waals surface area contributed by atoms with E-state index in [4.69, 9.17) is 23.2 Å². The third kappa shape index (κ3) is 18.4. The second-order valence-corrected chi connectivity index (χ2v) is 30.8. The number of fused-ring (bicyclic) bond motifs is 4. The van der Waals surface area contributed by atoms with Crippen LogP contribution in [0.1, 0.15) is 111 Å². The Labute approximate surface area is 686 Å². The Bertz CT molecular complexity index is 6350. The van der Waals surface area contributed by atoms with Crippen LogP contribution in [-0.4, -0.2) is 97.5 Å². The summed E-state index contributed by atoms with van der Waals surface area (Å²) in [4.78, 5) is 126. The number of carboxylic acids is 4. The number of nitrogens with zero attached hydrogens (tertiary/aromatic N) is 6. The van der Waals surface area contributed by atoms with Crippen molar-refractivity contribution in [1.29, 1.82) is 0 Å². The number of carbonyl (C=O) groups excluding carboxylic acids is 4. The quantitative estimate of drug-likeness (QED) is 0.0470. The standard InChI is InChI=1S/C22H15ClN2O3S.C22H14ClNO3S.C22H14F2N2O3S.C21H13BrN2O3S/c1-12-3-2-4-16-20(12)25-17(10-24-16)18(26)9-14-11-29-21(19(14)22(27)28)13-5-7-15(23)8-6-13;23-16-8-5-14(6-9-16)21-20(22(26)27)15(12-28-21)11-19(25)18-10-7-13-3-1-2-4-17(13)24-18;1-11-6-7-13(20(24)19(11)23)21-18(22(28)29)12(10-30-21)8-17(27)16-9-25-14-4-2-3-5-15(14)26-16;22-14-8-5-13(6-9-14)19-18(21(26)27)17(11-28-19)24-20(25)16-10-7-12-3-1-2-4-15(12)23-16/h2-8,10-11H,9H2,1H3,(H,27,28);1-10,12H,11H2,(H,26,27);2-7,9-10H,8H2,1H3,(H,28,29);1-11H,(H,24,25)(H,26,27). The zero-order chi connectivity index (χ0) is 81.3. The molecule has 16 rings (SSSR count). The Hall–Kier alpha value is -12.7. The average molecular weight is 1710 g/mol. The molecule has 0 spiro atoms. The monoisotopic (exact) mass is 1710 g/mol. The number of amides is 1. The highest BCUT2D eigenvalue weighted by molar-refractivity contribution is 9.10. The molecule has 0 aliphatic rings. The molecule has 28 heteroatoms. The smallest absolute Gasteiger partial charge is 0.339 e. The van der Waals surface area contributed by atoms with Crippen LogP contribution in [0.25, 0.3) is 85.6 Å². The number of hydrogen-bond acceptors (Lipinski definition) is 18. The number of benzene rings is 8. The van der Waals surface area contributed by atoms with E-state index >= 15 is 0 Å². The van der Waals surface area contributed by atoms with Gasteiger partial charge in [0.15, 0.2) is 29.0 Å². The Morgan fingerprint density at radius 1 is 0.391 bits per heavy atom. The molecular weight excluding hydrogens is 1650 g/mol. The Morgan fingerprint density at radius 2 is 0.800 bits per heavy atom. The third-order valence-electron chi connectivity index (χ3n) is 17.9. The predicted octanol–water partition coefficient (Wildman–Crippen LogP) is 21.9. The maximum Gasteiger partial charge on any atom is 0.339 e. The van der Waals surface area contributed by atoms with E-state index in [1.54, 1.807) is 101 Å². The lowest BCUT2D eigenvalue weighted by molar-refractivity contribution is 0.0685. The summed E-state index contributed by atoms with van der Waals surface area (Å²) < 4.78 is 29.3. The number of halogens is 5. The number of hydrogen-bond donors (Lipinski definition) is 5. The van der Waals surface area contributed by atoms with E-state index in [0.717, 1.165) is 54.4 Å². The number of carbonyl (C=O) groups is 8. The topological polar surface area (TPSA) is 307 Å². The molecule has 0 aliphatic carbocycles. The first kappa shape index (κ1) is 80.4. The van der Waals surface area contributed by atoms with Gasteiger partial charge >= 0.3 is 23.9 Å². The molecule has 0 atom stereocenters. The fraction of sp³-hybridized carbons (Fsp3) is 0.0575. The molecule has 0 fully saturated rings. The van der Waals surface area contributed by atoms with Crippen molar-refractivity contribution in [3.8, 4) is 41.8 Å². The van der Waals surface area contributed by atoms with Crippen LogP contribution in [0.15, 0.2) is 239 Å². The summed E-state index contributed by atoms with van der Waals surface area (Å²) in [6.45, 7) is 3.33. The van der Waals surface area contributed by atoms with Gasteiger partial charge in [-0.2, -0.15) is 0 Å². The van der Waals surface area contributed by atoms with Gasteiger partial charge in [-0.3, -0.25) is 29.1 Å². The SMILES string of the molecule is Cc1ccc(-c2scc(CC(=O)c3cnc4ccccc4n3)c2C(=O)O)c(F)c1F.Cc1cccc2ncc(C(=O)Cc3csc(-c4ccc(Cl)cc4)c3C(=O)O)nc12.O=C(Cc1csc(-c2ccc(Cl)cc2)c1C(=O)O)c1ccc2ccccc2n1.O=C(Nc1csc(-c2ccc(Br)cc2)c1C(=O)O)c1ccc2ccccc2n1. The minimum atomic E-state index is -1.32. The Morgan fingerprint density at radius 3 is 1.33 bits per heavy atom. The molecule has 5 N–H and O–H groups in total. The second-order valence-electron chi connectivity index (χ2n) is 25.5. The van der Waals surface area contributed by atoms with E-state index in [9.17, 15) is 67.6 Å². The fourth-order valence-corrected chi connectivity index (χ4v) is 16.9. The van der Waals surface area contributed by atoms with Crippen molar-refractivity contribution in [3.05, 3.63) is 333 Å². The van der Waals surface area contributed by atoms with E-state index < -0.39 is 47.2 Å². The van der Waals surface area contributed by atoms with Gasteiger partial charge in [-0.25, -0.2) is 47.9 Å². The number of aromatic carboxylic acids is 4. The Balaban J connectivity index is 0.000000134. The molecule has 0 bridgehead atoms. The number of carboxylic acid groups (broad SMARTS) is 4. The van der Waals surface area contributed by atoms with Crippen LogP contribution in [0.5, 0.6) is 0 Å². The Kier molecular flexibility index (Phi) is 24.9. The number of para-hydroxylation sites is 5. The number of aromatic nitrogens is 6. The van der Waals surface area contributed by atoms with Crippen LogP contribution >= 0.6 is 84.5 Å². The molecule has 570 valence electrons. The molecule has 19 nitrogen and oxygen atoms in total. The number of aryl methyl sites for hydroxylation is 2. The summed E-state index contributed by atoms with van der Waals surface area (Å²) in [5, 5.41) is 51.2. The molecule has 0 aliphatic heterocycles. The molecule has 8 aromatic carbocycles. The zero-order valence-corrected chi connectivity index (χ0v) is 66.3. The molecule has 0 saturated carbocycles. The minimum absolute atomic E-state index is 0.0168. The van der Waals surface area contributed by atoms with E-state index in [1.165, 1.54) is 70.8 Å². The van der Waals surface area contributed by atoms with Crippen molar-refractivity contribution in [2.75, 3.05) is 5.32 Å². The van der Waals surface area contributed by atoms with Crippen LogP contribution in [0.4, 0.5) is 14.5 Å². The van der Waals surface area contributed by atoms with Crippen molar-refractivity contribution in [2.45, 2.75) is 33.1 Å². The average Bonchev–Trinajstić information content (AvgIpc) is 1.70. The van der Waals surface area contributed by atoms with Gasteiger partial charge in [0, 0.05) is 65.3 Å². The fourth-order valence-electron chi connectivity index (χ4n) is 12.2. The molecule has 8 aromatic heterocycles. The first-order valence-corrected chi connectivity index (χ1v) is 39.6. The van der Waals surface area contributed by atoms with Gasteiger partial charge in [-0.15, -0.1) is 45.3 Å².